The van der Waals surface area contributed by atoms with Gasteiger partial charge in [-0.15, -0.1) is 0 Å². The second-order valence-corrected chi connectivity index (χ2v) is 4.26. The maximum Gasteiger partial charge on any atom is 0.0300 e. The molecule has 0 saturated carbocycles. The van der Waals surface area contributed by atoms with Crippen LogP contribution in [0, 0.1) is 6.92 Å². The number of aromatic nitrogens is 2. The molecule has 0 fully saturated rings. The fourth-order valence-corrected chi connectivity index (χ4v) is 1.83. The molecule has 0 unspecified atom stereocenters. The summed E-state index contributed by atoms with van der Waals surface area (Å²) < 4.78 is 2.19. The Hall–Kier alpha value is -1.61. The molecule has 0 atom stereocenters. The molecule has 0 aliphatic heterocycles. The Kier molecular flexibility index (Phi) is 3.94. The molecule has 0 amide bonds. The molecule has 2 aromatic rings. The van der Waals surface area contributed by atoms with E-state index in [4.69, 9.17) is 0 Å². The van der Waals surface area contributed by atoms with Crippen molar-refractivity contribution in [2.45, 2.75) is 33.5 Å². The molecule has 0 bridgehead atoms. The van der Waals surface area contributed by atoms with E-state index in [1.165, 1.54) is 16.7 Å². The second kappa shape index (κ2) is 5.64. The van der Waals surface area contributed by atoms with Crippen LogP contribution in [-0.2, 0) is 19.6 Å². The number of nitrogens with one attached hydrogen (secondary N) is 1. The monoisotopic (exact) mass is 229 g/mol. The van der Waals surface area contributed by atoms with Gasteiger partial charge in [0.05, 0.1) is 0 Å². The molecule has 0 aromatic carbocycles. The lowest BCUT2D eigenvalue weighted by Gasteiger charge is -2.06. The van der Waals surface area contributed by atoms with E-state index in [1.54, 1.807) is 0 Å². The third-order valence-corrected chi connectivity index (χ3v) is 2.96. The van der Waals surface area contributed by atoms with Gasteiger partial charge >= 0.3 is 0 Å². The number of nitrogens with zero attached hydrogens (tertiary/aromatic N) is 2. The predicted molar refractivity (Wildman–Crippen MR) is 69.6 cm³/mol. The largest absolute Gasteiger partial charge is 0.354 e. The van der Waals surface area contributed by atoms with Crippen LogP contribution in [0.25, 0.3) is 0 Å². The van der Waals surface area contributed by atoms with Crippen LogP contribution < -0.4 is 5.32 Å². The van der Waals surface area contributed by atoms with E-state index < -0.39 is 0 Å². The highest BCUT2D eigenvalue weighted by Crippen LogP contribution is 2.05. The molecule has 90 valence electrons. The zero-order chi connectivity index (χ0) is 12.1. The van der Waals surface area contributed by atoms with Crippen LogP contribution in [0.4, 0.5) is 0 Å². The molecule has 2 heterocycles. The Morgan fingerprint density at radius 2 is 2.18 bits per heavy atom. The highest BCUT2D eigenvalue weighted by molar-refractivity contribution is 5.21. The average Bonchev–Trinajstić information content (AvgIpc) is 2.80. The van der Waals surface area contributed by atoms with Crippen LogP contribution in [0.15, 0.2) is 36.9 Å². The van der Waals surface area contributed by atoms with E-state index in [1.807, 2.05) is 12.4 Å². The normalized spacial score (nSPS) is 10.7. The van der Waals surface area contributed by atoms with Gasteiger partial charge in [-0.2, -0.15) is 0 Å². The lowest BCUT2D eigenvalue weighted by Crippen LogP contribution is -2.13. The average molecular weight is 229 g/mol. The molecule has 0 saturated heterocycles. The summed E-state index contributed by atoms with van der Waals surface area (Å²) in [7, 11) is 0. The van der Waals surface area contributed by atoms with E-state index in [-0.39, 0.29) is 0 Å². The van der Waals surface area contributed by atoms with Crippen molar-refractivity contribution in [1.29, 1.82) is 0 Å². The summed E-state index contributed by atoms with van der Waals surface area (Å²) in [5, 5.41) is 3.46. The van der Waals surface area contributed by atoms with Crippen molar-refractivity contribution in [3.8, 4) is 0 Å². The van der Waals surface area contributed by atoms with Gasteiger partial charge in [-0.1, -0.05) is 0 Å². The number of rotatable bonds is 5. The maximum absolute atomic E-state index is 4.09. The first-order valence-corrected chi connectivity index (χ1v) is 6.04. The van der Waals surface area contributed by atoms with Crippen LogP contribution >= 0.6 is 0 Å². The van der Waals surface area contributed by atoms with Crippen molar-refractivity contribution in [2.24, 2.45) is 0 Å². The first kappa shape index (κ1) is 11.9. The fraction of sp³-hybridized carbons (Fsp3) is 0.357. The van der Waals surface area contributed by atoms with Crippen molar-refractivity contribution in [1.82, 2.24) is 14.9 Å². The van der Waals surface area contributed by atoms with Gasteiger partial charge in [0.15, 0.2) is 0 Å². The quantitative estimate of drug-likeness (QED) is 0.853. The molecule has 0 radical (unpaired) electrons. The molecular formula is C14H19N3. The Morgan fingerprint density at radius 1 is 1.29 bits per heavy atom. The van der Waals surface area contributed by atoms with Crippen LogP contribution in [0.1, 0.15) is 23.6 Å². The van der Waals surface area contributed by atoms with E-state index in [2.05, 4.69) is 53.2 Å². The van der Waals surface area contributed by atoms with Gasteiger partial charge in [-0.05, 0) is 42.7 Å². The van der Waals surface area contributed by atoms with Crippen LogP contribution in [0.3, 0.4) is 0 Å². The summed E-state index contributed by atoms with van der Waals surface area (Å²) in [5.74, 6) is 0. The Morgan fingerprint density at radius 3 is 2.88 bits per heavy atom. The van der Waals surface area contributed by atoms with Crippen LogP contribution in [0.2, 0.25) is 0 Å². The SMILES string of the molecule is CCn1ccc(CNCc2ccncc2C)c1. The topological polar surface area (TPSA) is 29.9 Å². The molecular weight excluding hydrogens is 210 g/mol. The smallest absolute Gasteiger partial charge is 0.0300 e. The highest BCUT2D eigenvalue weighted by atomic mass is 14.9. The minimum absolute atomic E-state index is 0.895. The molecule has 0 aliphatic carbocycles. The van der Waals surface area contributed by atoms with Gasteiger partial charge in [-0.3, -0.25) is 4.98 Å². The first-order chi connectivity index (χ1) is 8.29. The predicted octanol–water partition coefficient (Wildman–Crippen LogP) is 2.50. The summed E-state index contributed by atoms with van der Waals surface area (Å²) in [6.07, 6.45) is 8.06. The van der Waals surface area contributed by atoms with Crippen molar-refractivity contribution in [3.63, 3.8) is 0 Å². The molecule has 0 aliphatic rings. The summed E-state index contributed by atoms with van der Waals surface area (Å²) in [6, 6.07) is 4.23. The van der Waals surface area contributed by atoms with Crippen molar-refractivity contribution in [2.75, 3.05) is 0 Å². The standard InChI is InChI=1S/C14H19N3/c1-3-17-7-5-13(11-17)9-16-10-14-4-6-15-8-12(14)2/h4-8,11,16H,3,9-10H2,1-2H3. The van der Waals surface area contributed by atoms with Gasteiger partial charge in [-0.25, -0.2) is 0 Å². The maximum atomic E-state index is 4.09. The van der Waals surface area contributed by atoms with Gasteiger partial charge < -0.3 is 9.88 Å². The van der Waals surface area contributed by atoms with Crippen molar-refractivity contribution < 1.29 is 0 Å². The third-order valence-electron chi connectivity index (χ3n) is 2.96. The van der Waals surface area contributed by atoms with Crippen molar-refractivity contribution in [3.05, 3.63) is 53.6 Å². The Bertz CT molecular complexity index is 474. The highest BCUT2D eigenvalue weighted by Gasteiger charge is 1.98. The molecule has 3 heteroatoms. The number of hydrogen-bond acceptors (Lipinski definition) is 2. The van der Waals surface area contributed by atoms with Crippen LogP contribution in [-0.4, -0.2) is 9.55 Å². The number of aryl methyl sites for hydroxylation is 2. The number of pyridine rings is 1. The van der Waals surface area contributed by atoms with Gasteiger partial charge in [0.2, 0.25) is 0 Å². The fourth-order valence-electron chi connectivity index (χ4n) is 1.83. The molecule has 1 N–H and O–H groups in total. The first-order valence-electron chi connectivity index (χ1n) is 6.04. The van der Waals surface area contributed by atoms with E-state index >= 15 is 0 Å². The molecule has 0 spiro atoms. The zero-order valence-corrected chi connectivity index (χ0v) is 10.5. The minimum atomic E-state index is 0.895. The van der Waals surface area contributed by atoms with Crippen LogP contribution in [0.5, 0.6) is 0 Å². The second-order valence-electron chi connectivity index (χ2n) is 4.26. The molecule has 2 aromatic heterocycles. The summed E-state index contributed by atoms with van der Waals surface area (Å²) in [4.78, 5) is 4.09. The lowest BCUT2D eigenvalue weighted by molar-refractivity contribution is 0.685. The van der Waals surface area contributed by atoms with Crippen molar-refractivity contribution >= 4 is 0 Å². The summed E-state index contributed by atoms with van der Waals surface area (Å²) in [5.41, 5.74) is 3.89. The van der Waals surface area contributed by atoms with E-state index in [0.29, 0.717) is 0 Å². The van der Waals surface area contributed by atoms with Gasteiger partial charge in [0, 0.05) is 44.4 Å². The minimum Gasteiger partial charge on any atom is -0.354 e. The van der Waals surface area contributed by atoms with E-state index in [0.717, 1.165) is 19.6 Å². The summed E-state index contributed by atoms with van der Waals surface area (Å²) in [6.45, 7) is 7.08. The zero-order valence-electron chi connectivity index (χ0n) is 10.5. The summed E-state index contributed by atoms with van der Waals surface area (Å²) >= 11 is 0. The van der Waals surface area contributed by atoms with Gasteiger partial charge in [0.25, 0.3) is 0 Å². The third kappa shape index (κ3) is 3.17. The van der Waals surface area contributed by atoms with E-state index in [9.17, 15) is 0 Å². The van der Waals surface area contributed by atoms with Gasteiger partial charge in [0.1, 0.15) is 0 Å². The molecule has 17 heavy (non-hydrogen) atoms. The Labute approximate surface area is 103 Å². The number of hydrogen-bond donors (Lipinski definition) is 1. The molecule has 2 rings (SSSR count). The molecule has 3 nitrogen and oxygen atoms in total. The lowest BCUT2D eigenvalue weighted by atomic mass is 10.1. The Balaban J connectivity index is 1.85.